The second kappa shape index (κ2) is 11.5. The largest absolute Gasteiger partial charge is 0.465 e. The number of ether oxygens (including phenoxy) is 2. The van der Waals surface area contributed by atoms with Gasteiger partial charge in [-0.25, -0.2) is 0 Å². The zero-order valence-electron chi connectivity index (χ0n) is 15.2. The van der Waals surface area contributed by atoms with Gasteiger partial charge in [0.05, 0.1) is 24.5 Å². The predicted molar refractivity (Wildman–Crippen MR) is 88.4 cm³/mol. The maximum atomic E-state index is 12.0. The average molecular weight is 314 g/mol. The van der Waals surface area contributed by atoms with Gasteiger partial charge in [-0.1, -0.05) is 41.0 Å². The van der Waals surface area contributed by atoms with Crippen molar-refractivity contribution in [3.05, 3.63) is 0 Å². The molecule has 4 nitrogen and oxygen atoms in total. The van der Waals surface area contributed by atoms with Crippen molar-refractivity contribution in [2.75, 3.05) is 6.61 Å². The van der Waals surface area contributed by atoms with Gasteiger partial charge in [0, 0.05) is 0 Å². The summed E-state index contributed by atoms with van der Waals surface area (Å²) in [6.45, 7) is 12.3. The molecular formula is C18H34O4. The molecule has 0 spiro atoms. The lowest BCUT2D eigenvalue weighted by Crippen LogP contribution is -2.22. The van der Waals surface area contributed by atoms with Crippen LogP contribution in [0.1, 0.15) is 73.6 Å². The van der Waals surface area contributed by atoms with Crippen molar-refractivity contribution in [2.24, 2.45) is 17.8 Å². The van der Waals surface area contributed by atoms with Crippen molar-refractivity contribution in [3.63, 3.8) is 0 Å². The van der Waals surface area contributed by atoms with E-state index in [1.54, 1.807) is 0 Å². The van der Waals surface area contributed by atoms with Crippen molar-refractivity contribution in [1.29, 1.82) is 0 Å². The molecule has 130 valence electrons. The third-order valence-electron chi connectivity index (χ3n) is 3.87. The Morgan fingerprint density at radius 2 is 1.55 bits per heavy atom. The van der Waals surface area contributed by atoms with Gasteiger partial charge in [0.25, 0.3) is 0 Å². The molecule has 0 N–H and O–H groups in total. The monoisotopic (exact) mass is 314 g/mol. The fourth-order valence-corrected chi connectivity index (χ4v) is 2.05. The molecule has 0 aliphatic rings. The van der Waals surface area contributed by atoms with Crippen LogP contribution in [-0.2, 0) is 19.1 Å². The van der Waals surface area contributed by atoms with Crippen LogP contribution in [0.3, 0.4) is 0 Å². The zero-order valence-corrected chi connectivity index (χ0v) is 15.2. The Hall–Kier alpha value is -1.06. The van der Waals surface area contributed by atoms with E-state index in [1.807, 2.05) is 41.5 Å². The molecule has 3 atom stereocenters. The van der Waals surface area contributed by atoms with Crippen LogP contribution in [0.25, 0.3) is 0 Å². The Bertz CT molecular complexity index is 325. The van der Waals surface area contributed by atoms with Gasteiger partial charge in [-0.3, -0.25) is 9.59 Å². The molecule has 22 heavy (non-hydrogen) atoms. The molecule has 0 rings (SSSR count). The Balaban J connectivity index is 4.08. The molecule has 0 heterocycles. The number of carbonyl (C=O) groups is 2. The maximum absolute atomic E-state index is 12.0. The van der Waals surface area contributed by atoms with Crippen molar-refractivity contribution in [2.45, 2.75) is 79.8 Å². The van der Waals surface area contributed by atoms with Crippen LogP contribution >= 0.6 is 0 Å². The fourth-order valence-electron chi connectivity index (χ4n) is 2.05. The van der Waals surface area contributed by atoms with Gasteiger partial charge in [0.2, 0.25) is 0 Å². The van der Waals surface area contributed by atoms with Gasteiger partial charge in [-0.15, -0.1) is 0 Å². The minimum absolute atomic E-state index is 0.0218. The van der Waals surface area contributed by atoms with Crippen LogP contribution in [0.2, 0.25) is 0 Å². The molecule has 0 radical (unpaired) electrons. The fraction of sp³-hybridized carbons (Fsp3) is 0.889. The molecule has 0 saturated heterocycles. The standard InChI is InChI=1S/C18H34O4/c1-7-15(6)22-18(20)16(8-2)11-9-10-14(5)17(19)21-12-13(3)4/h13-16H,7-12H2,1-6H3. The molecule has 0 saturated carbocycles. The first kappa shape index (κ1) is 20.9. The highest BCUT2D eigenvalue weighted by Crippen LogP contribution is 2.19. The molecule has 0 fully saturated rings. The van der Waals surface area contributed by atoms with Gasteiger partial charge < -0.3 is 9.47 Å². The van der Waals surface area contributed by atoms with E-state index in [0.29, 0.717) is 12.5 Å². The highest BCUT2D eigenvalue weighted by molar-refractivity contribution is 5.73. The summed E-state index contributed by atoms with van der Waals surface area (Å²) in [5, 5.41) is 0. The number of rotatable bonds is 11. The molecule has 0 aliphatic carbocycles. The van der Waals surface area contributed by atoms with Gasteiger partial charge in [-0.05, 0) is 38.5 Å². The normalized spacial score (nSPS) is 15.2. The first-order chi connectivity index (χ1) is 10.3. The number of esters is 2. The number of carbonyl (C=O) groups excluding carboxylic acids is 2. The molecule has 0 aromatic carbocycles. The molecule has 0 amide bonds. The second-order valence-corrected chi connectivity index (χ2v) is 6.62. The number of hydrogen-bond donors (Lipinski definition) is 0. The maximum Gasteiger partial charge on any atom is 0.309 e. The molecule has 0 aliphatic heterocycles. The van der Waals surface area contributed by atoms with Crippen molar-refractivity contribution >= 4 is 11.9 Å². The number of hydrogen-bond acceptors (Lipinski definition) is 4. The first-order valence-corrected chi connectivity index (χ1v) is 8.68. The molecule has 4 heteroatoms. The molecule has 0 aromatic rings. The average Bonchev–Trinajstić information content (AvgIpc) is 2.48. The van der Waals surface area contributed by atoms with E-state index in [1.165, 1.54) is 0 Å². The van der Waals surface area contributed by atoms with Gasteiger partial charge >= 0.3 is 11.9 Å². The van der Waals surface area contributed by atoms with E-state index in [-0.39, 0.29) is 29.9 Å². The van der Waals surface area contributed by atoms with Crippen molar-refractivity contribution < 1.29 is 19.1 Å². The summed E-state index contributed by atoms with van der Waals surface area (Å²) < 4.78 is 10.6. The Morgan fingerprint density at radius 3 is 2.05 bits per heavy atom. The summed E-state index contributed by atoms with van der Waals surface area (Å²) in [7, 11) is 0. The van der Waals surface area contributed by atoms with Crippen molar-refractivity contribution in [1.82, 2.24) is 0 Å². The third-order valence-corrected chi connectivity index (χ3v) is 3.87. The molecule has 0 bridgehead atoms. The first-order valence-electron chi connectivity index (χ1n) is 8.68. The van der Waals surface area contributed by atoms with Gasteiger partial charge in [0.1, 0.15) is 0 Å². The van der Waals surface area contributed by atoms with Crippen LogP contribution in [-0.4, -0.2) is 24.6 Å². The van der Waals surface area contributed by atoms with Gasteiger partial charge in [-0.2, -0.15) is 0 Å². The topological polar surface area (TPSA) is 52.6 Å². The molecule has 0 aromatic heterocycles. The van der Waals surface area contributed by atoms with E-state index >= 15 is 0 Å². The Morgan fingerprint density at radius 1 is 0.909 bits per heavy atom. The summed E-state index contributed by atoms with van der Waals surface area (Å²) in [6, 6.07) is 0. The molecular weight excluding hydrogens is 280 g/mol. The van der Waals surface area contributed by atoms with Crippen LogP contribution in [0.5, 0.6) is 0 Å². The minimum atomic E-state index is -0.135. The highest BCUT2D eigenvalue weighted by atomic mass is 16.5. The van der Waals surface area contributed by atoms with Crippen LogP contribution < -0.4 is 0 Å². The van der Waals surface area contributed by atoms with Crippen LogP contribution in [0.15, 0.2) is 0 Å². The lowest BCUT2D eigenvalue weighted by Gasteiger charge is -2.18. The lowest BCUT2D eigenvalue weighted by atomic mass is 9.95. The smallest absolute Gasteiger partial charge is 0.309 e. The van der Waals surface area contributed by atoms with E-state index in [2.05, 4.69) is 0 Å². The second-order valence-electron chi connectivity index (χ2n) is 6.62. The lowest BCUT2D eigenvalue weighted by molar-refractivity contribution is -0.153. The summed E-state index contributed by atoms with van der Waals surface area (Å²) in [6.07, 6.45) is 3.96. The Kier molecular flexibility index (Phi) is 10.9. The SMILES string of the molecule is CCC(C)OC(=O)C(CC)CCCC(C)C(=O)OCC(C)C. The Labute approximate surface area is 135 Å². The highest BCUT2D eigenvalue weighted by Gasteiger charge is 2.21. The quantitative estimate of drug-likeness (QED) is 0.532. The summed E-state index contributed by atoms with van der Waals surface area (Å²) >= 11 is 0. The predicted octanol–water partition coefficient (Wildman–Crippen LogP) is 4.36. The summed E-state index contributed by atoms with van der Waals surface area (Å²) in [4.78, 5) is 23.8. The zero-order chi connectivity index (χ0) is 17.1. The van der Waals surface area contributed by atoms with Gasteiger partial charge in [0.15, 0.2) is 0 Å². The minimum Gasteiger partial charge on any atom is -0.465 e. The van der Waals surface area contributed by atoms with E-state index in [4.69, 9.17) is 9.47 Å². The van der Waals surface area contributed by atoms with E-state index in [9.17, 15) is 9.59 Å². The van der Waals surface area contributed by atoms with E-state index in [0.717, 1.165) is 32.1 Å². The summed E-state index contributed by atoms with van der Waals surface area (Å²) in [5.41, 5.74) is 0. The summed E-state index contributed by atoms with van der Waals surface area (Å²) in [5.74, 6) is -0.0542. The van der Waals surface area contributed by atoms with E-state index < -0.39 is 0 Å². The molecule has 3 unspecified atom stereocenters. The third kappa shape index (κ3) is 9.06. The van der Waals surface area contributed by atoms with Crippen LogP contribution in [0.4, 0.5) is 0 Å². The van der Waals surface area contributed by atoms with Crippen LogP contribution in [0, 0.1) is 17.8 Å². The van der Waals surface area contributed by atoms with Crippen molar-refractivity contribution in [3.8, 4) is 0 Å².